The summed E-state index contributed by atoms with van der Waals surface area (Å²) in [7, 11) is 0. The Hall–Kier alpha value is -1.91. The quantitative estimate of drug-likeness (QED) is 0.758. The molecule has 0 aliphatic carbocycles. The molecule has 2 rings (SSSR count). The van der Waals surface area contributed by atoms with Crippen LogP contribution in [0, 0.1) is 11.6 Å². The van der Waals surface area contributed by atoms with Gasteiger partial charge in [-0.05, 0) is 12.1 Å². The van der Waals surface area contributed by atoms with Crippen molar-refractivity contribution in [1.82, 2.24) is 5.16 Å². The van der Waals surface area contributed by atoms with Crippen LogP contribution in [0.3, 0.4) is 0 Å². The van der Waals surface area contributed by atoms with Gasteiger partial charge in [-0.15, -0.1) is 0 Å². The molecule has 0 bridgehead atoms. The molecule has 0 radical (unpaired) electrons. The van der Waals surface area contributed by atoms with Crippen molar-refractivity contribution in [3.05, 3.63) is 46.3 Å². The van der Waals surface area contributed by atoms with Crippen LogP contribution in [-0.4, -0.2) is 5.16 Å². The number of hydrogen-bond donors (Lipinski definition) is 1. The van der Waals surface area contributed by atoms with Crippen LogP contribution in [0.15, 0.2) is 33.6 Å². The molecule has 14 heavy (non-hydrogen) atoms. The molecule has 3 nitrogen and oxygen atoms in total. The predicted molar refractivity (Wildman–Crippen MR) is 44.7 cm³/mol. The highest BCUT2D eigenvalue weighted by molar-refractivity contribution is 5.58. The van der Waals surface area contributed by atoms with Crippen molar-refractivity contribution in [2.24, 2.45) is 0 Å². The summed E-state index contributed by atoms with van der Waals surface area (Å²) in [6.07, 6.45) is 0. The van der Waals surface area contributed by atoms with Gasteiger partial charge in [-0.2, -0.15) is 0 Å². The Balaban J connectivity index is 2.62. The smallest absolute Gasteiger partial charge is 0.339 e. The minimum atomic E-state index is -1.01. The van der Waals surface area contributed by atoms with Gasteiger partial charge < -0.3 is 4.52 Å². The number of H-pyrrole nitrogens is 1. The summed E-state index contributed by atoms with van der Waals surface area (Å²) < 4.78 is 30.3. The Morgan fingerprint density at radius 1 is 1.29 bits per heavy atom. The highest BCUT2D eigenvalue weighted by Crippen LogP contribution is 2.21. The molecule has 0 saturated heterocycles. The number of benzene rings is 1. The third-order valence-electron chi connectivity index (χ3n) is 1.77. The number of nitrogens with one attached hydrogen (secondary N) is 1. The van der Waals surface area contributed by atoms with Crippen LogP contribution in [0.25, 0.3) is 11.3 Å². The first kappa shape index (κ1) is 8.68. The number of halogens is 2. The molecule has 1 aromatic heterocycles. The third kappa shape index (κ3) is 1.32. The van der Waals surface area contributed by atoms with Crippen LogP contribution < -0.4 is 5.63 Å². The molecule has 0 fully saturated rings. The molecule has 0 unspecified atom stereocenters. The first-order valence-electron chi connectivity index (χ1n) is 3.81. The van der Waals surface area contributed by atoms with Crippen molar-refractivity contribution in [2.45, 2.75) is 0 Å². The van der Waals surface area contributed by atoms with Gasteiger partial charge in [0.05, 0.1) is 11.8 Å². The van der Waals surface area contributed by atoms with E-state index in [-0.39, 0.29) is 11.3 Å². The van der Waals surface area contributed by atoms with E-state index in [1.165, 1.54) is 12.1 Å². The fourth-order valence-corrected chi connectivity index (χ4v) is 1.13. The highest BCUT2D eigenvalue weighted by atomic mass is 19.2. The molecule has 2 aromatic rings. The number of aromatic amines is 1. The Labute approximate surface area is 76.9 Å². The Bertz CT molecular complexity index is 516. The largest absolute Gasteiger partial charge is 0.357 e. The van der Waals surface area contributed by atoms with E-state index < -0.39 is 17.3 Å². The molecule has 1 aromatic carbocycles. The second-order valence-electron chi connectivity index (χ2n) is 2.68. The Kier molecular flexibility index (Phi) is 1.92. The molecular formula is C9H5F2NO2. The van der Waals surface area contributed by atoms with Crippen molar-refractivity contribution < 1.29 is 13.3 Å². The molecule has 1 N–H and O–H groups in total. The van der Waals surface area contributed by atoms with E-state index in [1.807, 2.05) is 0 Å². The Morgan fingerprint density at radius 2 is 2.07 bits per heavy atom. The lowest BCUT2D eigenvalue weighted by Gasteiger charge is -1.98. The third-order valence-corrected chi connectivity index (χ3v) is 1.77. The maximum Gasteiger partial charge on any atom is 0.357 e. The van der Waals surface area contributed by atoms with Crippen LogP contribution in [0.5, 0.6) is 0 Å². The molecule has 0 amide bonds. The normalized spacial score (nSPS) is 10.4. The van der Waals surface area contributed by atoms with E-state index in [0.717, 1.165) is 12.1 Å². The van der Waals surface area contributed by atoms with Gasteiger partial charge in [0.15, 0.2) is 11.6 Å². The maximum atomic E-state index is 13.2. The van der Waals surface area contributed by atoms with Crippen LogP contribution in [-0.2, 0) is 0 Å². The van der Waals surface area contributed by atoms with E-state index in [1.54, 1.807) is 0 Å². The van der Waals surface area contributed by atoms with Gasteiger partial charge in [0.1, 0.15) is 0 Å². The number of rotatable bonds is 1. The molecule has 5 heteroatoms. The van der Waals surface area contributed by atoms with Crippen molar-refractivity contribution >= 4 is 0 Å². The van der Waals surface area contributed by atoms with Gasteiger partial charge in [-0.1, -0.05) is 6.07 Å². The first-order valence-corrected chi connectivity index (χ1v) is 3.81. The van der Waals surface area contributed by atoms with Crippen LogP contribution >= 0.6 is 0 Å². The summed E-state index contributed by atoms with van der Waals surface area (Å²) in [4.78, 5) is 10.6. The summed E-state index contributed by atoms with van der Waals surface area (Å²) in [5.74, 6) is -1.98. The van der Waals surface area contributed by atoms with Crippen molar-refractivity contribution in [3.8, 4) is 11.3 Å². The van der Waals surface area contributed by atoms with E-state index in [9.17, 15) is 13.6 Å². The van der Waals surface area contributed by atoms with Crippen LogP contribution in [0.1, 0.15) is 0 Å². The lowest BCUT2D eigenvalue weighted by Crippen LogP contribution is -1.89. The zero-order chi connectivity index (χ0) is 10.1. The number of aromatic nitrogens is 1. The van der Waals surface area contributed by atoms with E-state index in [4.69, 9.17) is 0 Å². The summed E-state index contributed by atoms with van der Waals surface area (Å²) >= 11 is 0. The predicted octanol–water partition coefficient (Wildman–Crippen LogP) is 1.91. The monoisotopic (exact) mass is 197 g/mol. The molecule has 1 heterocycles. The lowest BCUT2D eigenvalue weighted by molar-refractivity contribution is 0.393. The molecule has 72 valence electrons. The maximum absolute atomic E-state index is 13.2. The van der Waals surface area contributed by atoms with Crippen molar-refractivity contribution in [2.75, 3.05) is 0 Å². The molecule has 0 atom stereocenters. The van der Waals surface area contributed by atoms with E-state index >= 15 is 0 Å². The Morgan fingerprint density at radius 3 is 2.71 bits per heavy atom. The van der Waals surface area contributed by atoms with Gasteiger partial charge >= 0.3 is 5.63 Å². The van der Waals surface area contributed by atoms with E-state index in [2.05, 4.69) is 9.68 Å². The van der Waals surface area contributed by atoms with Crippen molar-refractivity contribution in [1.29, 1.82) is 0 Å². The van der Waals surface area contributed by atoms with Gasteiger partial charge in [0.25, 0.3) is 0 Å². The minimum absolute atomic E-state index is 0.0316. The lowest BCUT2D eigenvalue weighted by atomic mass is 10.1. The molecule has 0 saturated carbocycles. The summed E-state index contributed by atoms with van der Waals surface area (Å²) in [5.41, 5.74) is -0.550. The number of hydrogen-bond acceptors (Lipinski definition) is 2. The minimum Gasteiger partial charge on any atom is -0.339 e. The topological polar surface area (TPSA) is 46.0 Å². The van der Waals surface area contributed by atoms with Crippen molar-refractivity contribution in [3.63, 3.8) is 0 Å². The zero-order valence-corrected chi connectivity index (χ0v) is 6.88. The zero-order valence-electron chi connectivity index (χ0n) is 6.88. The molecule has 0 aliphatic heterocycles. The average Bonchev–Trinajstić information content (AvgIpc) is 2.57. The second kappa shape index (κ2) is 3.10. The van der Waals surface area contributed by atoms with Gasteiger partial charge in [0.2, 0.25) is 0 Å². The summed E-state index contributed by atoms with van der Waals surface area (Å²) in [6.45, 7) is 0. The SMILES string of the molecule is O=c1cc(-c2cccc(F)c2F)[nH]o1. The first-order chi connectivity index (χ1) is 6.68. The summed E-state index contributed by atoms with van der Waals surface area (Å²) in [6, 6.07) is 4.74. The fraction of sp³-hybridized carbons (Fsp3) is 0. The molecule has 0 spiro atoms. The van der Waals surface area contributed by atoms with Crippen LogP contribution in [0.2, 0.25) is 0 Å². The second-order valence-corrected chi connectivity index (χ2v) is 2.68. The molecule has 0 aliphatic rings. The van der Waals surface area contributed by atoms with Gasteiger partial charge in [-0.25, -0.2) is 18.7 Å². The van der Waals surface area contributed by atoms with Gasteiger partial charge in [-0.3, -0.25) is 0 Å². The molecular weight excluding hydrogens is 192 g/mol. The fourth-order valence-electron chi connectivity index (χ4n) is 1.13. The average molecular weight is 197 g/mol. The van der Waals surface area contributed by atoms with Crippen LogP contribution in [0.4, 0.5) is 8.78 Å². The standard InChI is InChI=1S/C9H5F2NO2/c10-6-3-1-2-5(9(6)11)7-4-8(13)14-12-7/h1-4,12H. The van der Waals surface area contributed by atoms with Gasteiger partial charge in [0, 0.05) is 5.56 Å². The summed E-state index contributed by atoms with van der Waals surface area (Å²) in [5, 5.41) is 2.20. The highest BCUT2D eigenvalue weighted by Gasteiger charge is 2.11. The van der Waals surface area contributed by atoms with E-state index in [0.29, 0.717) is 0 Å².